The number of rotatable bonds is 4. The Morgan fingerprint density at radius 3 is 2.25 bits per heavy atom. The molecule has 1 amide bonds. The minimum atomic E-state index is -0.264. The zero-order valence-corrected chi connectivity index (χ0v) is 14.1. The van der Waals surface area contributed by atoms with Crippen LogP contribution in [0.3, 0.4) is 0 Å². The standard InChI is InChI=1S/C11H12Br2INO/c1-11(6-12,7-13)15-10(16)8-2-4-9(14)5-3-8/h2-5H,6-7H2,1H3,(H,15,16). The summed E-state index contributed by atoms with van der Waals surface area (Å²) < 4.78 is 1.12. The Kier molecular flexibility index (Phi) is 5.73. The van der Waals surface area contributed by atoms with Crippen molar-refractivity contribution in [3.63, 3.8) is 0 Å². The van der Waals surface area contributed by atoms with Crippen molar-refractivity contribution >= 4 is 60.4 Å². The third kappa shape index (κ3) is 4.00. The lowest BCUT2D eigenvalue weighted by atomic mass is 10.1. The van der Waals surface area contributed by atoms with Gasteiger partial charge in [0.2, 0.25) is 0 Å². The summed E-state index contributed by atoms with van der Waals surface area (Å²) in [5, 5.41) is 4.41. The topological polar surface area (TPSA) is 29.1 Å². The molecule has 0 aromatic heterocycles. The van der Waals surface area contributed by atoms with E-state index in [-0.39, 0.29) is 11.4 Å². The molecule has 2 nitrogen and oxygen atoms in total. The van der Waals surface area contributed by atoms with E-state index in [0.29, 0.717) is 16.2 Å². The molecule has 0 aliphatic carbocycles. The molecule has 0 atom stereocenters. The summed E-state index contributed by atoms with van der Waals surface area (Å²) in [6.45, 7) is 1.99. The van der Waals surface area contributed by atoms with Gasteiger partial charge >= 0.3 is 0 Å². The Balaban J connectivity index is 2.76. The van der Waals surface area contributed by atoms with Crippen LogP contribution in [0.2, 0.25) is 0 Å². The van der Waals surface area contributed by atoms with Crippen LogP contribution < -0.4 is 5.32 Å². The highest BCUT2D eigenvalue weighted by atomic mass is 127. The first kappa shape index (κ1) is 14.4. The van der Waals surface area contributed by atoms with Crippen LogP contribution in [0.4, 0.5) is 0 Å². The van der Waals surface area contributed by atoms with Crippen molar-refractivity contribution in [1.29, 1.82) is 0 Å². The smallest absolute Gasteiger partial charge is 0.251 e. The molecule has 0 radical (unpaired) electrons. The number of benzene rings is 1. The molecule has 0 bridgehead atoms. The summed E-state index contributed by atoms with van der Waals surface area (Å²) in [4.78, 5) is 11.9. The van der Waals surface area contributed by atoms with Crippen LogP contribution in [0.5, 0.6) is 0 Å². The summed E-state index contributed by atoms with van der Waals surface area (Å²) >= 11 is 9.01. The van der Waals surface area contributed by atoms with Crippen LogP contribution in [0, 0.1) is 3.57 Å². The average Bonchev–Trinajstić information content (AvgIpc) is 2.29. The van der Waals surface area contributed by atoms with E-state index in [2.05, 4.69) is 59.8 Å². The van der Waals surface area contributed by atoms with Crippen LogP contribution in [0.25, 0.3) is 0 Å². The van der Waals surface area contributed by atoms with Gasteiger partial charge < -0.3 is 5.32 Å². The molecule has 0 unspecified atom stereocenters. The van der Waals surface area contributed by atoms with Gasteiger partial charge in [-0.15, -0.1) is 0 Å². The second kappa shape index (κ2) is 6.35. The minimum Gasteiger partial charge on any atom is -0.345 e. The van der Waals surface area contributed by atoms with Crippen LogP contribution in [-0.2, 0) is 0 Å². The number of hydrogen-bond acceptors (Lipinski definition) is 1. The molecule has 0 spiro atoms. The second-order valence-electron chi connectivity index (χ2n) is 3.79. The minimum absolute atomic E-state index is 0.0437. The molecular formula is C11H12Br2INO. The van der Waals surface area contributed by atoms with Gasteiger partial charge in [0, 0.05) is 19.8 Å². The van der Waals surface area contributed by atoms with Gasteiger partial charge in [0.05, 0.1) is 5.54 Å². The maximum absolute atomic E-state index is 11.9. The number of alkyl halides is 2. The lowest BCUT2D eigenvalue weighted by Crippen LogP contribution is -2.48. The number of halogens is 3. The highest BCUT2D eigenvalue weighted by Crippen LogP contribution is 2.13. The summed E-state index contributed by atoms with van der Waals surface area (Å²) in [5.41, 5.74) is 0.425. The van der Waals surface area contributed by atoms with Crippen molar-refractivity contribution < 1.29 is 4.79 Å². The van der Waals surface area contributed by atoms with Crippen molar-refractivity contribution in [1.82, 2.24) is 5.32 Å². The summed E-state index contributed by atoms with van der Waals surface area (Å²) in [7, 11) is 0. The van der Waals surface area contributed by atoms with E-state index in [1.54, 1.807) is 0 Å². The molecule has 16 heavy (non-hydrogen) atoms. The van der Waals surface area contributed by atoms with Crippen molar-refractivity contribution in [2.24, 2.45) is 0 Å². The second-order valence-corrected chi connectivity index (χ2v) is 6.16. The molecule has 0 fully saturated rings. The van der Waals surface area contributed by atoms with E-state index in [4.69, 9.17) is 0 Å². The third-order valence-electron chi connectivity index (χ3n) is 2.11. The predicted molar refractivity (Wildman–Crippen MR) is 82.6 cm³/mol. The van der Waals surface area contributed by atoms with Crippen LogP contribution in [0.15, 0.2) is 24.3 Å². The van der Waals surface area contributed by atoms with Crippen LogP contribution in [0.1, 0.15) is 17.3 Å². The normalized spacial score (nSPS) is 11.2. The van der Waals surface area contributed by atoms with Gasteiger partial charge in [0.15, 0.2) is 0 Å². The molecule has 5 heteroatoms. The van der Waals surface area contributed by atoms with Crippen LogP contribution in [-0.4, -0.2) is 22.1 Å². The Labute approximate surface area is 126 Å². The Bertz CT molecular complexity index is 363. The molecular weight excluding hydrogens is 449 g/mol. The van der Waals surface area contributed by atoms with Gasteiger partial charge in [-0.05, 0) is 53.8 Å². The average molecular weight is 461 g/mol. The molecule has 1 N–H and O–H groups in total. The molecule has 0 aliphatic heterocycles. The van der Waals surface area contributed by atoms with Gasteiger partial charge in [-0.1, -0.05) is 31.9 Å². The van der Waals surface area contributed by atoms with Crippen molar-refractivity contribution in [3.05, 3.63) is 33.4 Å². The van der Waals surface area contributed by atoms with E-state index in [1.807, 2.05) is 31.2 Å². The summed E-state index contributed by atoms with van der Waals surface area (Å²) in [5.74, 6) is -0.0437. The number of carbonyl (C=O) groups is 1. The lowest BCUT2D eigenvalue weighted by molar-refractivity contribution is 0.0923. The van der Waals surface area contributed by atoms with Crippen LogP contribution >= 0.6 is 54.5 Å². The third-order valence-corrected chi connectivity index (χ3v) is 5.31. The number of hydrogen-bond donors (Lipinski definition) is 1. The predicted octanol–water partition coefficient (Wildman–Crippen LogP) is 3.57. The van der Waals surface area contributed by atoms with E-state index >= 15 is 0 Å². The molecule has 1 aromatic rings. The van der Waals surface area contributed by atoms with Gasteiger partial charge in [-0.2, -0.15) is 0 Å². The largest absolute Gasteiger partial charge is 0.345 e. The number of nitrogens with one attached hydrogen (secondary N) is 1. The first-order valence-electron chi connectivity index (χ1n) is 4.71. The van der Waals surface area contributed by atoms with Crippen molar-refractivity contribution in [2.45, 2.75) is 12.5 Å². The van der Waals surface area contributed by atoms with E-state index in [1.165, 1.54) is 0 Å². The van der Waals surface area contributed by atoms with Crippen molar-refractivity contribution in [2.75, 3.05) is 10.7 Å². The molecule has 1 rings (SSSR count). The molecule has 0 saturated heterocycles. The van der Waals surface area contributed by atoms with Gasteiger partial charge in [0.1, 0.15) is 0 Å². The van der Waals surface area contributed by atoms with E-state index in [9.17, 15) is 4.79 Å². The number of carbonyl (C=O) groups excluding carboxylic acids is 1. The summed E-state index contributed by atoms with van der Waals surface area (Å²) in [6, 6.07) is 7.52. The lowest BCUT2D eigenvalue weighted by Gasteiger charge is -2.26. The van der Waals surface area contributed by atoms with Gasteiger partial charge in [-0.3, -0.25) is 4.79 Å². The molecule has 0 heterocycles. The monoisotopic (exact) mass is 459 g/mol. The summed E-state index contributed by atoms with van der Waals surface area (Å²) in [6.07, 6.45) is 0. The fourth-order valence-corrected chi connectivity index (χ4v) is 2.62. The maximum atomic E-state index is 11.9. The van der Waals surface area contributed by atoms with Gasteiger partial charge in [-0.25, -0.2) is 0 Å². The first-order chi connectivity index (χ1) is 7.50. The molecule has 1 aromatic carbocycles. The zero-order valence-electron chi connectivity index (χ0n) is 8.77. The number of amides is 1. The highest BCUT2D eigenvalue weighted by molar-refractivity contribution is 14.1. The fourth-order valence-electron chi connectivity index (χ4n) is 1.05. The quantitative estimate of drug-likeness (QED) is 0.540. The SMILES string of the molecule is CC(CBr)(CBr)NC(=O)c1ccc(I)cc1. The Morgan fingerprint density at radius 2 is 1.81 bits per heavy atom. The van der Waals surface area contributed by atoms with Crippen molar-refractivity contribution in [3.8, 4) is 0 Å². The van der Waals surface area contributed by atoms with E-state index in [0.717, 1.165) is 3.57 Å². The molecule has 0 aliphatic rings. The van der Waals surface area contributed by atoms with Gasteiger partial charge in [0.25, 0.3) is 5.91 Å². The molecule has 0 saturated carbocycles. The Morgan fingerprint density at radius 1 is 1.31 bits per heavy atom. The maximum Gasteiger partial charge on any atom is 0.251 e. The first-order valence-corrected chi connectivity index (χ1v) is 8.03. The fraction of sp³-hybridized carbons (Fsp3) is 0.364. The Hall–Kier alpha value is 0.380. The zero-order chi connectivity index (χ0) is 12.2. The van der Waals surface area contributed by atoms with E-state index < -0.39 is 0 Å². The highest BCUT2D eigenvalue weighted by Gasteiger charge is 2.24. The molecule has 88 valence electrons.